The molecule has 1 rings (SSSR count). The van der Waals surface area contributed by atoms with Crippen molar-refractivity contribution in [1.29, 1.82) is 0 Å². The third kappa shape index (κ3) is 3.46. The average Bonchev–Trinajstić information content (AvgIpc) is 2.26. The van der Waals surface area contributed by atoms with Crippen molar-refractivity contribution in [3.63, 3.8) is 0 Å². The fourth-order valence-electron chi connectivity index (χ4n) is 1.64. The highest BCUT2D eigenvalue weighted by atomic mass is 16.5. The van der Waals surface area contributed by atoms with Crippen molar-refractivity contribution in [2.24, 2.45) is 5.92 Å². The van der Waals surface area contributed by atoms with Crippen molar-refractivity contribution >= 4 is 5.69 Å². The van der Waals surface area contributed by atoms with E-state index >= 15 is 0 Å². The van der Waals surface area contributed by atoms with Crippen LogP contribution in [0.1, 0.15) is 27.2 Å². The second kappa shape index (κ2) is 5.64. The summed E-state index contributed by atoms with van der Waals surface area (Å²) in [6.45, 7) is 6.69. The minimum atomic E-state index is 0.540. The number of hydrogen-bond acceptors (Lipinski definition) is 2. The van der Waals surface area contributed by atoms with E-state index in [1.54, 1.807) is 7.11 Å². The van der Waals surface area contributed by atoms with Crippen LogP contribution >= 0.6 is 0 Å². The molecule has 0 bridgehead atoms. The van der Waals surface area contributed by atoms with Gasteiger partial charge < -0.3 is 10.1 Å². The molecule has 0 saturated heterocycles. The van der Waals surface area contributed by atoms with Crippen molar-refractivity contribution in [3.8, 4) is 5.75 Å². The van der Waals surface area contributed by atoms with Gasteiger partial charge in [0.25, 0.3) is 0 Å². The number of anilines is 1. The molecule has 0 saturated carbocycles. The Balaban J connectivity index is 2.63. The lowest BCUT2D eigenvalue weighted by Gasteiger charge is -2.22. The van der Waals surface area contributed by atoms with Gasteiger partial charge in [0.2, 0.25) is 0 Å². The molecule has 2 nitrogen and oxygen atoms in total. The van der Waals surface area contributed by atoms with Gasteiger partial charge in [-0.2, -0.15) is 0 Å². The number of hydrogen-bond donors (Lipinski definition) is 1. The Kier molecular flexibility index (Phi) is 4.47. The van der Waals surface area contributed by atoms with Gasteiger partial charge in [0.05, 0.1) is 7.11 Å². The van der Waals surface area contributed by atoms with Crippen molar-refractivity contribution in [2.75, 3.05) is 12.4 Å². The van der Waals surface area contributed by atoms with Gasteiger partial charge >= 0.3 is 0 Å². The molecule has 0 unspecified atom stereocenters. The number of ether oxygens (including phenoxy) is 1. The van der Waals surface area contributed by atoms with E-state index in [1.165, 1.54) is 0 Å². The number of benzene rings is 1. The Morgan fingerprint density at radius 3 is 2.20 bits per heavy atom. The lowest BCUT2D eigenvalue weighted by molar-refractivity contribution is 0.415. The van der Waals surface area contributed by atoms with Gasteiger partial charge in [-0.05, 0) is 36.6 Å². The maximum atomic E-state index is 5.12. The molecule has 0 aliphatic heterocycles. The zero-order valence-corrected chi connectivity index (χ0v) is 10.1. The van der Waals surface area contributed by atoms with Crippen molar-refractivity contribution < 1.29 is 4.74 Å². The number of methoxy groups -OCH3 is 1. The first-order valence-electron chi connectivity index (χ1n) is 5.58. The average molecular weight is 207 g/mol. The van der Waals surface area contributed by atoms with Crippen LogP contribution in [0.15, 0.2) is 24.3 Å². The standard InChI is InChI=1S/C13H21NO/c1-5-13(10(2)3)14-11-6-8-12(15-4)9-7-11/h6-10,13-14H,5H2,1-4H3/t13-/m1/s1. The Bertz CT molecular complexity index is 279. The molecule has 0 aliphatic rings. The molecule has 1 atom stereocenters. The SMILES string of the molecule is CC[C@@H](Nc1ccc(OC)cc1)C(C)C. The maximum absolute atomic E-state index is 5.12. The summed E-state index contributed by atoms with van der Waals surface area (Å²) < 4.78 is 5.12. The Morgan fingerprint density at radius 1 is 1.20 bits per heavy atom. The summed E-state index contributed by atoms with van der Waals surface area (Å²) >= 11 is 0. The third-order valence-electron chi connectivity index (χ3n) is 2.69. The van der Waals surface area contributed by atoms with Crippen LogP contribution in [-0.4, -0.2) is 13.2 Å². The van der Waals surface area contributed by atoms with E-state index in [0.717, 1.165) is 17.9 Å². The monoisotopic (exact) mass is 207 g/mol. The lowest BCUT2D eigenvalue weighted by Crippen LogP contribution is -2.24. The van der Waals surface area contributed by atoms with E-state index in [0.29, 0.717) is 12.0 Å². The minimum Gasteiger partial charge on any atom is -0.497 e. The molecule has 0 spiro atoms. The fraction of sp³-hybridized carbons (Fsp3) is 0.538. The molecule has 0 amide bonds. The van der Waals surface area contributed by atoms with Crippen LogP contribution in [-0.2, 0) is 0 Å². The van der Waals surface area contributed by atoms with Gasteiger partial charge in [0, 0.05) is 11.7 Å². The zero-order chi connectivity index (χ0) is 11.3. The smallest absolute Gasteiger partial charge is 0.119 e. The van der Waals surface area contributed by atoms with Gasteiger partial charge in [-0.1, -0.05) is 20.8 Å². The molecule has 2 heteroatoms. The first kappa shape index (κ1) is 11.9. The molecule has 1 N–H and O–H groups in total. The summed E-state index contributed by atoms with van der Waals surface area (Å²) in [5.74, 6) is 1.55. The molecule has 0 aliphatic carbocycles. The van der Waals surface area contributed by atoms with E-state index in [2.05, 4.69) is 38.2 Å². The zero-order valence-electron chi connectivity index (χ0n) is 10.1. The lowest BCUT2D eigenvalue weighted by atomic mass is 10.0. The van der Waals surface area contributed by atoms with E-state index in [1.807, 2.05) is 12.1 Å². The van der Waals surface area contributed by atoms with Crippen molar-refractivity contribution in [1.82, 2.24) is 0 Å². The molecule has 84 valence electrons. The predicted octanol–water partition coefficient (Wildman–Crippen LogP) is 3.54. The second-order valence-electron chi connectivity index (χ2n) is 4.13. The Hall–Kier alpha value is -1.18. The van der Waals surface area contributed by atoms with Gasteiger partial charge in [0.1, 0.15) is 5.75 Å². The second-order valence-corrected chi connectivity index (χ2v) is 4.13. The number of nitrogens with one attached hydrogen (secondary N) is 1. The first-order valence-corrected chi connectivity index (χ1v) is 5.58. The summed E-state index contributed by atoms with van der Waals surface area (Å²) in [6.07, 6.45) is 1.14. The Labute approximate surface area is 92.6 Å². The summed E-state index contributed by atoms with van der Waals surface area (Å²) in [5.41, 5.74) is 1.16. The van der Waals surface area contributed by atoms with Crippen LogP contribution in [0.25, 0.3) is 0 Å². The topological polar surface area (TPSA) is 21.3 Å². The molecule has 0 heterocycles. The molecular weight excluding hydrogens is 186 g/mol. The van der Waals surface area contributed by atoms with E-state index < -0.39 is 0 Å². The van der Waals surface area contributed by atoms with Gasteiger partial charge in [-0.15, -0.1) is 0 Å². The van der Waals surface area contributed by atoms with Crippen LogP contribution in [0, 0.1) is 5.92 Å². The van der Waals surface area contributed by atoms with Crippen molar-refractivity contribution in [3.05, 3.63) is 24.3 Å². The largest absolute Gasteiger partial charge is 0.497 e. The summed E-state index contributed by atoms with van der Waals surface area (Å²) in [7, 11) is 1.69. The molecule has 15 heavy (non-hydrogen) atoms. The number of rotatable bonds is 5. The van der Waals surface area contributed by atoms with E-state index in [9.17, 15) is 0 Å². The maximum Gasteiger partial charge on any atom is 0.119 e. The molecule has 1 aromatic carbocycles. The normalized spacial score (nSPS) is 12.6. The highest BCUT2D eigenvalue weighted by Crippen LogP contribution is 2.18. The van der Waals surface area contributed by atoms with Crippen LogP contribution in [0.3, 0.4) is 0 Å². The van der Waals surface area contributed by atoms with E-state index in [-0.39, 0.29) is 0 Å². The molecule has 0 aromatic heterocycles. The molecule has 0 radical (unpaired) electrons. The molecule has 1 aromatic rings. The fourth-order valence-corrected chi connectivity index (χ4v) is 1.64. The van der Waals surface area contributed by atoms with Crippen LogP contribution in [0.5, 0.6) is 5.75 Å². The molecule has 0 fully saturated rings. The van der Waals surface area contributed by atoms with Gasteiger partial charge in [-0.25, -0.2) is 0 Å². The van der Waals surface area contributed by atoms with E-state index in [4.69, 9.17) is 4.74 Å². The van der Waals surface area contributed by atoms with Gasteiger partial charge in [-0.3, -0.25) is 0 Å². The summed E-state index contributed by atoms with van der Waals surface area (Å²) in [4.78, 5) is 0. The highest BCUT2D eigenvalue weighted by molar-refractivity contribution is 5.47. The third-order valence-corrected chi connectivity index (χ3v) is 2.69. The highest BCUT2D eigenvalue weighted by Gasteiger charge is 2.09. The van der Waals surface area contributed by atoms with Crippen LogP contribution in [0.4, 0.5) is 5.69 Å². The Morgan fingerprint density at radius 2 is 1.80 bits per heavy atom. The summed E-state index contributed by atoms with van der Waals surface area (Å²) in [6, 6.07) is 8.62. The molecular formula is C13H21NO. The minimum absolute atomic E-state index is 0.540. The summed E-state index contributed by atoms with van der Waals surface area (Å²) in [5, 5.41) is 3.52. The quantitative estimate of drug-likeness (QED) is 0.797. The van der Waals surface area contributed by atoms with Crippen molar-refractivity contribution in [2.45, 2.75) is 33.2 Å². The van der Waals surface area contributed by atoms with Gasteiger partial charge in [0.15, 0.2) is 0 Å². The predicted molar refractivity (Wildman–Crippen MR) is 65.5 cm³/mol. The van der Waals surface area contributed by atoms with Crippen LogP contribution in [0.2, 0.25) is 0 Å². The first-order chi connectivity index (χ1) is 7.17. The van der Waals surface area contributed by atoms with Crippen LogP contribution < -0.4 is 10.1 Å².